The molecule has 0 unspecified atom stereocenters. The van der Waals surface area contributed by atoms with Gasteiger partial charge in [0.25, 0.3) is 5.91 Å². The maximum atomic E-state index is 13.0. The molecule has 2 aromatic carbocycles. The molecule has 0 aliphatic rings. The van der Waals surface area contributed by atoms with Crippen LogP contribution in [0.25, 0.3) is 0 Å². The molecule has 5 heteroatoms. The van der Waals surface area contributed by atoms with E-state index in [1.54, 1.807) is 30.3 Å². The van der Waals surface area contributed by atoms with Crippen molar-refractivity contribution in [2.45, 2.75) is 6.54 Å². The average Bonchev–Trinajstić information content (AvgIpc) is 2.36. The van der Waals surface area contributed by atoms with Crippen LogP contribution in [0.15, 0.2) is 42.5 Å². The lowest BCUT2D eigenvalue weighted by Crippen LogP contribution is -2.24. The number of nitrogen functional groups attached to an aromatic ring is 1. The van der Waals surface area contributed by atoms with Gasteiger partial charge in [-0.1, -0.05) is 29.8 Å². The van der Waals surface area contributed by atoms with Crippen LogP contribution in [0.5, 0.6) is 0 Å². The molecule has 0 spiro atoms. The van der Waals surface area contributed by atoms with Crippen molar-refractivity contribution < 1.29 is 9.18 Å². The Morgan fingerprint density at radius 3 is 2.68 bits per heavy atom. The van der Waals surface area contributed by atoms with Gasteiger partial charge in [0.05, 0.1) is 10.6 Å². The van der Waals surface area contributed by atoms with Crippen LogP contribution in [-0.4, -0.2) is 5.91 Å². The molecule has 98 valence electrons. The Kier molecular flexibility index (Phi) is 4.02. The molecule has 3 N–H and O–H groups in total. The van der Waals surface area contributed by atoms with Crippen LogP contribution >= 0.6 is 11.6 Å². The summed E-state index contributed by atoms with van der Waals surface area (Å²) in [5.41, 5.74) is 6.92. The van der Waals surface area contributed by atoms with E-state index in [1.165, 1.54) is 12.1 Å². The second-order valence-corrected chi connectivity index (χ2v) is 4.42. The molecule has 2 rings (SSSR count). The van der Waals surface area contributed by atoms with Crippen molar-refractivity contribution >= 4 is 23.2 Å². The number of carbonyl (C=O) groups excluding carboxylic acids is 1. The van der Waals surface area contributed by atoms with Crippen molar-refractivity contribution in [1.29, 1.82) is 0 Å². The Labute approximate surface area is 115 Å². The van der Waals surface area contributed by atoms with Gasteiger partial charge in [0.15, 0.2) is 0 Å². The van der Waals surface area contributed by atoms with Crippen molar-refractivity contribution in [1.82, 2.24) is 5.32 Å². The third kappa shape index (κ3) is 3.23. The smallest absolute Gasteiger partial charge is 0.255 e. The summed E-state index contributed by atoms with van der Waals surface area (Å²) >= 11 is 5.93. The Hall–Kier alpha value is -2.07. The summed E-state index contributed by atoms with van der Waals surface area (Å²) in [7, 11) is 0. The van der Waals surface area contributed by atoms with Gasteiger partial charge in [0.1, 0.15) is 5.82 Å². The first-order chi connectivity index (χ1) is 9.08. The minimum atomic E-state index is -0.382. The summed E-state index contributed by atoms with van der Waals surface area (Å²) in [5.74, 6) is -0.726. The third-order valence-electron chi connectivity index (χ3n) is 2.61. The molecule has 2 aromatic rings. The molecule has 1 amide bonds. The molecule has 0 saturated carbocycles. The van der Waals surface area contributed by atoms with E-state index in [0.717, 1.165) is 0 Å². The van der Waals surface area contributed by atoms with Crippen molar-refractivity contribution in [3.8, 4) is 0 Å². The molecule has 3 nitrogen and oxygen atoms in total. The third-order valence-corrected chi connectivity index (χ3v) is 2.93. The summed E-state index contributed by atoms with van der Waals surface area (Å²) in [6.45, 7) is 0.210. The number of hydrogen-bond acceptors (Lipinski definition) is 2. The van der Waals surface area contributed by atoms with Gasteiger partial charge >= 0.3 is 0 Å². The fourth-order valence-corrected chi connectivity index (χ4v) is 1.97. The first-order valence-corrected chi connectivity index (χ1v) is 6.02. The van der Waals surface area contributed by atoms with E-state index < -0.39 is 0 Å². The van der Waals surface area contributed by atoms with Gasteiger partial charge in [-0.05, 0) is 29.8 Å². The number of benzene rings is 2. The highest BCUT2D eigenvalue weighted by atomic mass is 35.5. The molecule has 0 saturated heterocycles. The zero-order chi connectivity index (χ0) is 13.8. The Morgan fingerprint density at radius 1 is 1.26 bits per heavy atom. The molecule has 0 aliphatic carbocycles. The minimum absolute atomic E-state index is 0.210. The maximum Gasteiger partial charge on any atom is 0.255 e. The van der Waals surface area contributed by atoms with Gasteiger partial charge in [0, 0.05) is 12.2 Å². The zero-order valence-corrected chi connectivity index (χ0v) is 10.7. The highest BCUT2D eigenvalue weighted by molar-refractivity contribution is 6.34. The molecule has 0 radical (unpaired) electrons. The van der Waals surface area contributed by atoms with Crippen LogP contribution in [0, 0.1) is 5.82 Å². The molecule has 0 atom stereocenters. The van der Waals surface area contributed by atoms with E-state index in [1.807, 2.05) is 0 Å². The highest BCUT2D eigenvalue weighted by Gasteiger charge is 2.13. The lowest BCUT2D eigenvalue weighted by molar-refractivity contribution is 0.0952. The van der Waals surface area contributed by atoms with Crippen LogP contribution in [0.2, 0.25) is 5.02 Å². The van der Waals surface area contributed by atoms with Gasteiger partial charge in [-0.2, -0.15) is 0 Å². The average molecular weight is 279 g/mol. The van der Waals surface area contributed by atoms with E-state index >= 15 is 0 Å². The van der Waals surface area contributed by atoms with Gasteiger partial charge in [-0.3, -0.25) is 4.79 Å². The summed E-state index contributed by atoms with van der Waals surface area (Å²) < 4.78 is 13.0. The molecule has 0 fully saturated rings. The molecular weight excluding hydrogens is 267 g/mol. The topological polar surface area (TPSA) is 55.1 Å². The normalized spacial score (nSPS) is 10.2. The van der Waals surface area contributed by atoms with Crippen LogP contribution < -0.4 is 11.1 Å². The quantitative estimate of drug-likeness (QED) is 0.848. The van der Waals surface area contributed by atoms with Crippen molar-refractivity contribution in [2.75, 3.05) is 5.73 Å². The number of carbonyl (C=O) groups is 1. The molecule has 0 heterocycles. The lowest BCUT2D eigenvalue weighted by Gasteiger charge is -2.09. The Morgan fingerprint density at radius 2 is 2.00 bits per heavy atom. The van der Waals surface area contributed by atoms with Crippen LogP contribution in [0.1, 0.15) is 15.9 Å². The second kappa shape index (κ2) is 5.71. The number of rotatable bonds is 3. The number of amides is 1. The van der Waals surface area contributed by atoms with Crippen molar-refractivity contribution in [2.24, 2.45) is 0 Å². The number of nitrogens with two attached hydrogens (primary N) is 1. The lowest BCUT2D eigenvalue weighted by atomic mass is 10.1. The van der Waals surface area contributed by atoms with Gasteiger partial charge in [-0.15, -0.1) is 0 Å². The van der Waals surface area contributed by atoms with Crippen LogP contribution in [-0.2, 0) is 6.54 Å². The number of nitrogens with one attached hydrogen (secondary N) is 1. The van der Waals surface area contributed by atoms with E-state index in [0.29, 0.717) is 11.3 Å². The predicted molar refractivity (Wildman–Crippen MR) is 73.4 cm³/mol. The number of halogens is 2. The van der Waals surface area contributed by atoms with Gasteiger partial charge in [-0.25, -0.2) is 4.39 Å². The highest BCUT2D eigenvalue weighted by Crippen LogP contribution is 2.21. The molecule has 0 bridgehead atoms. The number of anilines is 1. The standard InChI is InChI=1S/C14H12ClFN2O/c15-11-5-2-6-12(17)13(11)14(19)18-8-9-3-1-4-10(16)7-9/h1-7H,8,17H2,(H,18,19). The SMILES string of the molecule is Nc1cccc(Cl)c1C(=O)NCc1cccc(F)c1. The van der Waals surface area contributed by atoms with E-state index in [2.05, 4.69) is 5.32 Å². The van der Waals surface area contributed by atoms with Gasteiger partial charge in [0.2, 0.25) is 0 Å². The number of hydrogen-bond donors (Lipinski definition) is 2. The van der Waals surface area contributed by atoms with E-state index in [4.69, 9.17) is 17.3 Å². The van der Waals surface area contributed by atoms with Gasteiger partial charge < -0.3 is 11.1 Å². The van der Waals surface area contributed by atoms with E-state index in [-0.39, 0.29) is 28.9 Å². The second-order valence-electron chi connectivity index (χ2n) is 4.02. The zero-order valence-electron chi connectivity index (χ0n) is 9.99. The molecule has 0 aromatic heterocycles. The van der Waals surface area contributed by atoms with Crippen molar-refractivity contribution in [3.63, 3.8) is 0 Å². The van der Waals surface area contributed by atoms with Crippen LogP contribution in [0.3, 0.4) is 0 Å². The predicted octanol–water partition coefficient (Wildman–Crippen LogP) is 2.99. The Bertz CT molecular complexity index is 596. The molecule has 0 aliphatic heterocycles. The summed E-state index contributed by atoms with van der Waals surface area (Å²) in [6.07, 6.45) is 0. The molecular formula is C14H12ClFN2O. The fraction of sp³-hybridized carbons (Fsp3) is 0.0714. The Balaban J connectivity index is 2.10. The fourth-order valence-electron chi connectivity index (χ4n) is 1.70. The first kappa shape index (κ1) is 13.4. The minimum Gasteiger partial charge on any atom is -0.398 e. The monoisotopic (exact) mass is 278 g/mol. The maximum absolute atomic E-state index is 13.0. The summed E-state index contributed by atoms with van der Waals surface area (Å²) in [5, 5.41) is 2.94. The van der Waals surface area contributed by atoms with E-state index in [9.17, 15) is 9.18 Å². The first-order valence-electron chi connectivity index (χ1n) is 5.64. The largest absolute Gasteiger partial charge is 0.398 e. The summed E-state index contributed by atoms with van der Waals surface area (Å²) in [4.78, 5) is 12.0. The van der Waals surface area contributed by atoms with Crippen LogP contribution in [0.4, 0.5) is 10.1 Å². The summed E-state index contributed by atoms with van der Waals surface area (Å²) in [6, 6.07) is 10.9. The van der Waals surface area contributed by atoms with Crippen molar-refractivity contribution in [3.05, 3.63) is 64.4 Å². The molecule has 19 heavy (non-hydrogen) atoms.